The van der Waals surface area contributed by atoms with Gasteiger partial charge in [0.05, 0.1) is 11.0 Å². The number of hydrogen-bond acceptors (Lipinski definition) is 2. The van der Waals surface area contributed by atoms with Crippen LogP contribution < -0.4 is 0 Å². The highest BCUT2D eigenvalue weighted by molar-refractivity contribution is 5.74. The SMILES string of the molecule is CC(C)CCCc1ccc2nccnc2c1. The number of fused-ring (bicyclic) bond motifs is 1. The van der Waals surface area contributed by atoms with Gasteiger partial charge in [0.2, 0.25) is 0 Å². The summed E-state index contributed by atoms with van der Waals surface area (Å²) in [5.41, 5.74) is 3.35. The molecule has 2 aromatic rings. The van der Waals surface area contributed by atoms with E-state index in [9.17, 15) is 0 Å². The Balaban J connectivity index is 2.08. The normalized spacial score (nSPS) is 11.2. The second-order valence-electron chi connectivity index (χ2n) is 4.67. The summed E-state index contributed by atoms with van der Waals surface area (Å²) in [5, 5.41) is 0. The number of aryl methyl sites for hydroxylation is 1. The second-order valence-corrected chi connectivity index (χ2v) is 4.67. The van der Waals surface area contributed by atoms with E-state index in [0.717, 1.165) is 23.4 Å². The molecule has 0 aliphatic carbocycles. The minimum atomic E-state index is 0.792. The Kier molecular flexibility index (Phi) is 3.50. The van der Waals surface area contributed by atoms with Crippen molar-refractivity contribution in [3.8, 4) is 0 Å². The Labute approximate surface area is 96.7 Å². The van der Waals surface area contributed by atoms with Gasteiger partial charge in [-0.15, -0.1) is 0 Å². The Hall–Kier alpha value is -1.44. The zero-order valence-electron chi connectivity index (χ0n) is 9.98. The fourth-order valence-electron chi connectivity index (χ4n) is 1.88. The first kappa shape index (κ1) is 11.1. The molecule has 2 heteroatoms. The molecule has 84 valence electrons. The molecule has 2 nitrogen and oxygen atoms in total. The van der Waals surface area contributed by atoms with Gasteiger partial charge in [-0.05, 0) is 36.5 Å². The maximum absolute atomic E-state index is 4.32. The average Bonchev–Trinajstić information content (AvgIpc) is 2.28. The predicted molar refractivity (Wildman–Crippen MR) is 67.3 cm³/mol. The number of benzene rings is 1. The fraction of sp³-hybridized carbons (Fsp3) is 0.429. The van der Waals surface area contributed by atoms with Crippen LogP contribution in [0.15, 0.2) is 30.6 Å². The molecule has 0 fully saturated rings. The van der Waals surface area contributed by atoms with Gasteiger partial charge >= 0.3 is 0 Å². The van der Waals surface area contributed by atoms with Gasteiger partial charge in [-0.2, -0.15) is 0 Å². The van der Waals surface area contributed by atoms with Gasteiger partial charge in [-0.25, -0.2) is 0 Å². The first-order chi connectivity index (χ1) is 7.75. The molecule has 0 N–H and O–H groups in total. The summed E-state index contributed by atoms with van der Waals surface area (Å²) < 4.78 is 0. The first-order valence-electron chi connectivity index (χ1n) is 5.95. The standard InChI is InChI=1S/C14H18N2/c1-11(2)4-3-5-12-6-7-13-14(10-12)16-9-8-15-13/h6-11H,3-5H2,1-2H3. The van der Waals surface area contributed by atoms with E-state index in [4.69, 9.17) is 0 Å². The molecule has 0 saturated heterocycles. The molecular formula is C14H18N2. The average molecular weight is 214 g/mol. The summed E-state index contributed by atoms with van der Waals surface area (Å²) in [7, 11) is 0. The molecule has 0 bridgehead atoms. The third-order valence-corrected chi connectivity index (χ3v) is 2.78. The minimum absolute atomic E-state index is 0.792. The van der Waals surface area contributed by atoms with Crippen molar-refractivity contribution in [2.24, 2.45) is 5.92 Å². The maximum atomic E-state index is 4.32. The quantitative estimate of drug-likeness (QED) is 0.777. The third-order valence-electron chi connectivity index (χ3n) is 2.78. The molecular weight excluding hydrogens is 196 g/mol. The van der Waals surface area contributed by atoms with Crippen LogP contribution in [0.3, 0.4) is 0 Å². The van der Waals surface area contributed by atoms with Crippen LogP contribution in [0.1, 0.15) is 32.3 Å². The molecule has 1 aromatic heterocycles. The van der Waals surface area contributed by atoms with Crippen LogP contribution in [0.25, 0.3) is 11.0 Å². The van der Waals surface area contributed by atoms with Gasteiger partial charge in [0.15, 0.2) is 0 Å². The summed E-state index contributed by atoms with van der Waals surface area (Å²) in [4.78, 5) is 8.59. The Morgan fingerprint density at radius 1 is 1.06 bits per heavy atom. The van der Waals surface area contributed by atoms with Crippen molar-refractivity contribution in [2.45, 2.75) is 33.1 Å². The minimum Gasteiger partial charge on any atom is -0.253 e. The van der Waals surface area contributed by atoms with Crippen LogP contribution in [0.2, 0.25) is 0 Å². The fourth-order valence-corrected chi connectivity index (χ4v) is 1.88. The number of nitrogens with zero attached hydrogens (tertiary/aromatic N) is 2. The molecule has 0 aliphatic heterocycles. The highest BCUT2D eigenvalue weighted by atomic mass is 14.8. The Morgan fingerprint density at radius 2 is 1.81 bits per heavy atom. The Morgan fingerprint density at radius 3 is 2.56 bits per heavy atom. The van der Waals surface area contributed by atoms with Gasteiger partial charge in [0, 0.05) is 12.4 Å². The number of hydrogen-bond donors (Lipinski definition) is 0. The molecule has 0 amide bonds. The summed E-state index contributed by atoms with van der Waals surface area (Å²) in [5.74, 6) is 0.792. The van der Waals surface area contributed by atoms with Gasteiger partial charge < -0.3 is 0 Å². The summed E-state index contributed by atoms with van der Waals surface area (Å²) >= 11 is 0. The lowest BCUT2D eigenvalue weighted by molar-refractivity contribution is 0.556. The van der Waals surface area contributed by atoms with Gasteiger partial charge in [-0.3, -0.25) is 9.97 Å². The van der Waals surface area contributed by atoms with Crippen LogP contribution in [0, 0.1) is 5.92 Å². The lowest BCUT2D eigenvalue weighted by atomic mass is 10.0. The van der Waals surface area contributed by atoms with Crippen molar-refractivity contribution in [1.29, 1.82) is 0 Å². The number of rotatable bonds is 4. The van der Waals surface area contributed by atoms with Crippen LogP contribution in [-0.4, -0.2) is 9.97 Å². The smallest absolute Gasteiger partial charge is 0.0889 e. The Bertz CT molecular complexity index is 463. The third kappa shape index (κ3) is 2.78. The van der Waals surface area contributed by atoms with Gasteiger partial charge in [-0.1, -0.05) is 26.3 Å². The van der Waals surface area contributed by atoms with Crippen LogP contribution in [0.5, 0.6) is 0 Å². The molecule has 0 atom stereocenters. The highest BCUT2D eigenvalue weighted by Gasteiger charge is 1.99. The van der Waals surface area contributed by atoms with Crippen molar-refractivity contribution in [3.05, 3.63) is 36.2 Å². The molecule has 1 aromatic carbocycles. The predicted octanol–water partition coefficient (Wildman–Crippen LogP) is 3.61. The highest BCUT2D eigenvalue weighted by Crippen LogP contribution is 2.14. The second kappa shape index (κ2) is 5.06. The molecule has 0 aliphatic rings. The van der Waals surface area contributed by atoms with E-state index in [1.54, 1.807) is 12.4 Å². The van der Waals surface area contributed by atoms with Crippen molar-refractivity contribution >= 4 is 11.0 Å². The van der Waals surface area contributed by atoms with E-state index < -0.39 is 0 Å². The summed E-state index contributed by atoms with van der Waals surface area (Å²) in [6.45, 7) is 4.54. The van der Waals surface area contributed by atoms with Crippen molar-refractivity contribution in [1.82, 2.24) is 9.97 Å². The summed E-state index contributed by atoms with van der Waals surface area (Å²) in [6, 6.07) is 6.38. The van der Waals surface area contributed by atoms with E-state index in [0.29, 0.717) is 0 Å². The molecule has 2 rings (SSSR count). The topological polar surface area (TPSA) is 25.8 Å². The van der Waals surface area contributed by atoms with E-state index >= 15 is 0 Å². The van der Waals surface area contributed by atoms with Crippen molar-refractivity contribution in [2.75, 3.05) is 0 Å². The van der Waals surface area contributed by atoms with E-state index in [1.807, 2.05) is 0 Å². The van der Waals surface area contributed by atoms with Crippen molar-refractivity contribution in [3.63, 3.8) is 0 Å². The largest absolute Gasteiger partial charge is 0.253 e. The maximum Gasteiger partial charge on any atom is 0.0889 e. The van der Waals surface area contributed by atoms with E-state index in [1.165, 1.54) is 18.4 Å². The van der Waals surface area contributed by atoms with Crippen LogP contribution in [0.4, 0.5) is 0 Å². The lowest BCUT2D eigenvalue weighted by Gasteiger charge is -2.05. The number of aromatic nitrogens is 2. The van der Waals surface area contributed by atoms with Gasteiger partial charge in [0.25, 0.3) is 0 Å². The van der Waals surface area contributed by atoms with E-state index in [2.05, 4.69) is 42.0 Å². The molecule has 16 heavy (non-hydrogen) atoms. The monoisotopic (exact) mass is 214 g/mol. The summed E-state index contributed by atoms with van der Waals surface area (Å²) in [6.07, 6.45) is 7.17. The molecule has 0 radical (unpaired) electrons. The zero-order valence-corrected chi connectivity index (χ0v) is 9.98. The first-order valence-corrected chi connectivity index (χ1v) is 5.95. The van der Waals surface area contributed by atoms with Crippen molar-refractivity contribution < 1.29 is 0 Å². The van der Waals surface area contributed by atoms with Crippen LogP contribution >= 0.6 is 0 Å². The van der Waals surface area contributed by atoms with Crippen LogP contribution in [-0.2, 0) is 6.42 Å². The van der Waals surface area contributed by atoms with Gasteiger partial charge in [0.1, 0.15) is 0 Å². The zero-order chi connectivity index (χ0) is 11.4. The lowest BCUT2D eigenvalue weighted by Crippen LogP contribution is -1.92. The molecule has 0 saturated carbocycles. The van der Waals surface area contributed by atoms with E-state index in [-0.39, 0.29) is 0 Å². The molecule has 0 unspecified atom stereocenters. The molecule has 0 spiro atoms. The molecule has 1 heterocycles.